The number of anilines is 1. The van der Waals surface area contributed by atoms with Crippen LogP contribution < -0.4 is 10.2 Å². The lowest BCUT2D eigenvalue weighted by molar-refractivity contribution is -0.115. The molecule has 2 heterocycles. The summed E-state index contributed by atoms with van der Waals surface area (Å²) in [7, 11) is 0. The summed E-state index contributed by atoms with van der Waals surface area (Å²) in [4.78, 5) is 19.8. The van der Waals surface area contributed by atoms with Gasteiger partial charge in [0.1, 0.15) is 5.82 Å². The Labute approximate surface area is 194 Å². The fourth-order valence-corrected chi connectivity index (χ4v) is 5.55. The molecule has 6 heteroatoms. The molecule has 168 valence electrons. The highest BCUT2D eigenvalue weighted by Gasteiger charge is 2.36. The molecule has 2 aliphatic rings. The summed E-state index contributed by atoms with van der Waals surface area (Å²) in [5.74, 6) is -0.241. The molecule has 2 aromatic rings. The number of carbonyl (C=O) groups excluding carboxylic acids is 1. The van der Waals surface area contributed by atoms with E-state index in [4.69, 9.17) is 0 Å². The minimum atomic E-state index is -0.306. The van der Waals surface area contributed by atoms with Crippen molar-refractivity contribution in [2.45, 2.75) is 58.9 Å². The minimum Gasteiger partial charge on any atom is -0.366 e. The molecule has 0 aliphatic carbocycles. The Bertz CT molecular complexity index is 1120. The Kier molecular flexibility index (Phi) is 6.17. The number of carbonyl (C=O) groups is 1. The van der Waals surface area contributed by atoms with Crippen molar-refractivity contribution in [3.05, 3.63) is 63.8 Å². The maximum atomic E-state index is 15.2. The molecule has 1 N–H and O–H groups in total. The third-order valence-corrected chi connectivity index (χ3v) is 7.03. The third kappa shape index (κ3) is 4.46. The van der Waals surface area contributed by atoms with Gasteiger partial charge < -0.3 is 10.2 Å². The van der Waals surface area contributed by atoms with E-state index in [2.05, 4.69) is 42.9 Å². The molecule has 4 nitrogen and oxygen atoms in total. The Hall–Kier alpha value is -2.60. The maximum absolute atomic E-state index is 15.2. The van der Waals surface area contributed by atoms with Crippen molar-refractivity contribution in [2.24, 2.45) is 4.99 Å². The smallest absolute Gasteiger partial charge is 0.264 e. The van der Waals surface area contributed by atoms with E-state index >= 15 is 4.39 Å². The van der Waals surface area contributed by atoms with Crippen LogP contribution in [0.4, 0.5) is 15.8 Å². The number of thioether (sulfide) groups is 1. The van der Waals surface area contributed by atoms with Crippen LogP contribution in [0.5, 0.6) is 0 Å². The van der Waals surface area contributed by atoms with Crippen LogP contribution >= 0.6 is 11.8 Å². The third-order valence-electron chi connectivity index (χ3n) is 6.12. The van der Waals surface area contributed by atoms with Crippen molar-refractivity contribution in [3.63, 3.8) is 0 Å². The van der Waals surface area contributed by atoms with Gasteiger partial charge in [-0.1, -0.05) is 26.0 Å². The summed E-state index contributed by atoms with van der Waals surface area (Å²) < 4.78 is 15.2. The predicted molar refractivity (Wildman–Crippen MR) is 133 cm³/mol. The number of hydrogen-bond acceptors (Lipinski definition) is 4. The topological polar surface area (TPSA) is 44.7 Å². The van der Waals surface area contributed by atoms with Crippen LogP contribution in [0.1, 0.15) is 63.1 Å². The number of aliphatic imine (C=N–C) groups is 1. The van der Waals surface area contributed by atoms with Gasteiger partial charge in [0.15, 0.2) is 5.17 Å². The second kappa shape index (κ2) is 8.74. The molecule has 1 atom stereocenters. The van der Waals surface area contributed by atoms with Crippen LogP contribution in [-0.2, 0) is 4.79 Å². The molecular formula is C26H30FN3OS. The zero-order valence-electron chi connectivity index (χ0n) is 19.3. The molecule has 1 amide bonds. The monoisotopic (exact) mass is 451 g/mol. The highest BCUT2D eigenvalue weighted by molar-refractivity contribution is 8.18. The average molecular weight is 452 g/mol. The van der Waals surface area contributed by atoms with Crippen molar-refractivity contribution in [3.8, 4) is 0 Å². The Morgan fingerprint density at radius 1 is 1.31 bits per heavy atom. The lowest BCUT2D eigenvalue weighted by atomic mass is 9.79. The van der Waals surface area contributed by atoms with Crippen LogP contribution in [0.2, 0.25) is 0 Å². The van der Waals surface area contributed by atoms with E-state index in [-0.39, 0.29) is 17.3 Å². The summed E-state index contributed by atoms with van der Waals surface area (Å²) in [6.07, 6.45) is 3.65. The van der Waals surface area contributed by atoms with Gasteiger partial charge in [-0.25, -0.2) is 9.38 Å². The first-order chi connectivity index (χ1) is 15.2. The number of nitrogens with one attached hydrogen (secondary N) is 1. The van der Waals surface area contributed by atoms with E-state index in [1.807, 2.05) is 37.3 Å². The first-order valence-corrected chi connectivity index (χ1v) is 12.0. The molecule has 1 fully saturated rings. The second-order valence-corrected chi connectivity index (χ2v) is 10.4. The first-order valence-electron chi connectivity index (χ1n) is 11.2. The number of rotatable bonds is 4. The lowest BCUT2D eigenvalue weighted by Gasteiger charge is -2.47. The maximum Gasteiger partial charge on any atom is 0.264 e. The van der Waals surface area contributed by atoms with E-state index in [0.717, 1.165) is 41.9 Å². The Morgan fingerprint density at radius 2 is 2.09 bits per heavy atom. The van der Waals surface area contributed by atoms with E-state index in [0.29, 0.717) is 21.6 Å². The molecule has 1 unspecified atom stereocenters. The van der Waals surface area contributed by atoms with Gasteiger partial charge in [0.25, 0.3) is 5.91 Å². The molecular weight excluding hydrogens is 421 g/mol. The van der Waals surface area contributed by atoms with E-state index < -0.39 is 0 Å². The molecule has 2 aromatic carbocycles. The van der Waals surface area contributed by atoms with Crippen LogP contribution in [0.3, 0.4) is 0 Å². The fraction of sp³-hybridized carbons (Fsp3) is 0.385. The number of aryl methyl sites for hydroxylation is 1. The fourth-order valence-electron chi connectivity index (χ4n) is 4.71. The summed E-state index contributed by atoms with van der Waals surface area (Å²) in [5, 5.41) is 3.30. The lowest BCUT2D eigenvalue weighted by Crippen LogP contribution is -2.48. The van der Waals surface area contributed by atoms with Crippen molar-refractivity contribution in [1.82, 2.24) is 5.32 Å². The highest BCUT2D eigenvalue weighted by atomic mass is 32.2. The molecule has 0 bridgehead atoms. The SMILES string of the molecule is CCCN1c2cc(F)c(/C=C3/SC(=Nc4cccc(C)c4)NC3=O)cc2C(C)CC1(C)C. The molecule has 1 saturated heterocycles. The van der Waals surface area contributed by atoms with Crippen molar-refractivity contribution >= 4 is 40.3 Å². The number of halogens is 1. The first kappa shape index (κ1) is 22.6. The van der Waals surface area contributed by atoms with Gasteiger partial charge in [0.05, 0.1) is 10.6 Å². The molecule has 0 spiro atoms. The van der Waals surface area contributed by atoms with Crippen molar-refractivity contribution in [1.29, 1.82) is 0 Å². The Morgan fingerprint density at radius 3 is 2.81 bits per heavy atom. The normalized spacial score (nSPS) is 22.4. The predicted octanol–water partition coefficient (Wildman–Crippen LogP) is 6.53. The molecule has 32 heavy (non-hydrogen) atoms. The summed E-state index contributed by atoms with van der Waals surface area (Å²) in [6.45, 7) is 11.7. The number of benzene rings is 2. The van der Waals surface area contributed by atoms with Gasteiger partial charge in [-0.2, -0.15) is 0 Å². The van der Waals surface area contributed by atoms with Crippen LogP contribution in [0.25, 0.3) is 6.08 Å². The van der Waals surface area contributed by atoms with Gasteiger partial charge in [-0.15, -0.1) is 0 Å². The van der Waals surface area contributed by atoms with Crippen LogP contribution in [-0.4, -0.2) is 23.2 Å². The van der Waals surface area contributed by atoms with Gasteiger partial charge in [-0.3, -0.25) is 4.79 Å². The standard InChI is InChI=1S/C26H30FN3OS/c1-6-10-30-22-14-21(27)18(12-20(22)17(3)15-26(30,4)5)13-23-24(31)29-25(32-23)28-19-9-7-8-16(2)11-19/h7-9,11-14,17H,6,10,15H2,1-5H3,(H,28,29,31)/b23-13+. The quantitative estimate of drug-likeness (QED) is 0.538. The summed E-state index contributed by atoms with van der Waals surface area (Å²) in [6, 6.07) is 11.3. The van der Waals surface area contributed by atoms with Gasteiger partial charge in [-0.05, 0) is 92.8 Å². The zero-order valence-corrected chi connectivity index (χ0v) is 20.1. The molecule has 0 radical (unpaired) electrons. The van der Waals surface area contributed by atoms with Crippen molar-refractivity contribution in [2.75, 3.05) is 11.4 Å². The number of nitrogens with zero attached hydrogens (tertiary/aromatic N) is 2. The molecule has 4 rings (SSSR count). The van der Waals surface area contributed by atoms with Crippen molar-refractivity contribution < 1.29 is 9.18 Å². The molecule has 2 aliphatic heterocycles. The largest absolute Gasteiger partial charge is 0.366 e. The van der Waals surface area contributed by atoms with Crippen LogP contribution in [0.15, 0.2) is 46.3 Å². The van der Waals surface area contributed by atoms with E-state index in [9.17, 15) is 4.79 Å². The van der Waals surface area contributed by atoms with Crippen LogP contribution in [0, 0.1) is 12.7 Å². The minimum absolute atomic E-state index is 0.0167. The van der Waals surface area contributed by atoms with Gasteiger partial charge in [0, 0.05) is 23.3 Å². The van der Waals surface area contributed by atoms with Gasteiger partial charge >= 0.3 is 0 Å². The number of amidine groups is 1. The molecule has 0 aromatic heterocycles. The number of fused-ring (bicyclic) bond motifs is 1. The zero-order chi connectivity index (χ0) is 23.0. The number of amides is 1. The number of hydrogen-bond donors (Lipinski definition) is 1. The average Bonchev–Trinajstić information content (AvgIpc) is 3.04. The second-order valence-electron chi connectivity index (χ2n) is 9.32. The van der Waals surface area contributed by atoms with E-state index in [1.165, 1.54) is 11.8 Å². The molecule has 0 saturated carbocycles. The highest BCUT2D eigenvalue weighted by Crippen LogP contribution is 2.44. The van der Waals surface area contributed by atoms with Gasteiger partial charge in [0.2, 0.25) is 0 Å². The summed E-state index contributed by atoms with van der Waals surface area (Å²) >= 11 is 1.24. The summed E-state index contributed by atoms with van der Waals surface area (Å²) in [5.41, 5.74) is 4.42. The van der Waals surface area contributed by atoms with E-state index in [1.54, 1.807) is 12.1 Å². The Balaban J connectivity index is 1.66.